The minimum absolute atomic E-state index is 0.00649. The largest absolute Gasteiger partial charge is 0.349 e. The number of pyridine rings is 1. The van der Waals surface area contributed by atoms with Crippen molar-refractivity contribution in [1.82, 2.24) is 20.1 Å². The van der Waals surface area contributed by atoms with E-state index in [2.05, 4.69) is 15.2 Å². The van der Waals surface area contributed by atoms with E-state index in [-0.39, 0.29) is 35.2 Å². The molecular weight excluding hydrogens is 471 g/mol. The first-order chi connectivity index (χ1) is 17.8. The van der Waals surface area contributed by atoms with Crippen LogP contribution in [0.3, 0.4) is 0 Å². The molecule has 2 aromatic rings. The number of carbonyl (C=O) groups excluding carboxylic acids is 2. The van der Waals surface area contributed by atoms with Crippen molar-refractivity contribution in [2.75, 3.05) is 32.7 Å². The van der Waals surface area contributed by atoms with Crippen LogP contribution in [0.5, 0.6) is 0 Å². The highest BCUT2D eigenvalue weighted by molar-refractivity contribution is 5.96. The molecule has 0 spiro atoms. The zero-order valence-electron chi connectivity index (χ0n) is 21.8. The summed E-state index contributed by atoms with van der Waals surface area (Å²) in [4.78, 5) is 44.9. The monoisotopic (exact) mass is 508 g/mol. The predicted octanol–water partition coefficient (Wildman–Crippen LogP) is 3.57. The zero-order valence-corrected chi connectivity index (χ0v) is 21.8. The molecule has 7 nitrogen and oxygen atoms in total. The molecule has 37 heavy (non-hydrogen) atoms. The average Bonchev–Trinajstić information content (AvgIpc) is 3.58. The molecule has 3 aliphatic rings. The van der Waals surface area contributed by atoms with E-state index >= 15 is 0 Å². The third kappa shape index (κ3) is 5.64. The summed E-state index contributed by atoms with van der Waals surface area (Å²) in [6.07, 6.45) is 4.79. The maximum atomic E-state index is 14.0. The summed E-state index contributed by atoms with van der Waals surface area (Å²) in [5.74, 6) is 0.688. The van der Waals surface area contributed by atoms with Crippen molar-refractivity contribution < 1.29 is 14.0 Å². The lowest BCUT2D eigenvalue weighted by atomic mass is 10.0. The second-order valence-electron chi connectivity index (χ2n) is 11.2. The smallest absolute Gasteiger partial charge is 0.255 e. The minimum atomic E-state index is -0.286. The van der Waals surface area contributed by atoms with Crippen LogP contribution in [-0.2, 0) is 4.79 Å². The number of amides is 2. The molecule has 2 unspecified atom stereocenters. The lowest BCUT2D eigenvalue weighted by Gasteiger charge is -2.26. The van der Waals surface area contributed by atoms with Crippen LogP contribution in [-0.4, -0.2) is 59.3 Å². The number of aromatic nitrogens is 1. The fourth-order valence-corrected chi connectivity index (χ4v) is 6.61. The third-order valence-electron chi connectivity index (χ3n) is 8.52. The quantitative estimate of drug-likeness (QED) is 0.599. The molecule has 198 valence electrons. The van der Waals surface area contributed by atoms with Crippen molar-refractivity contribution in [1.29, 1.82) is 0 Å². The number of aryl methyl sites for hydroxylation is 2. The molecule has 2 saturated heterocycles. The Morgan fingerprint density at radius 2 is 1.78 bits per heavy atom. The van der Waals surface area contributed by atoms with Crippen LogP contribution in [0.1, 0.15) is 65.3 Å². The highest BCUT2D eigenvalue weighted by Gasteiger charge is 2.42. The van der Waals surface area contributed by atoms with Gasteiger partial charge in [0.1, 0.15) is 5.82 Å². The summed E-state index contributed by atoms with van der Waals surface area (Å²) in [7, 11) is 0. The molecule has 2 amide bonds. The van der Waals surface area contributed by atoms with Crippen LogP contribution < -0.4 is 10.9 Å². The van der Waals surface area contributed by atoms with Crippen LogP contribution in [0.4, 0.5) is 4.39 Å². The van der Waals surface area contributed by atoms with Crippen LogP contribution in [0, 0.1) is 37.4 Å². The van der Waals surface area contributed by atoms with Crippen LogP contribution in [0.15, 0.2) is 35.1 Å². The van der Waals surface area contributed by atoms with Gasteiger partial charge in [0.05, 0.1) is 11.6 Å². The Hall–Kier alpha value is -3.00. The molecule has 0 radical (unpaired) electrons. The molecule has 8 heteroatoms. The van der Waals surface area contributed by atoms with E-state index in [1.54, 1.807) is 13.0 Å². The fourth-order valence-electron chi connectivity index (χ4n) is 6.61. The van der Waals surface area contributed by atoms with Gasteiger partial charge in [-0.3, -0.25) is 14.4 Å². The van der Waals surface area contributed by atoms with E-state index in [9.17, 15) is 18.8 Å². The second kappa shape index (κ2) is 10.8. The van der Waals surface area contributed by atoms with E-state index in [0.717, 1.165) is 57.3 Å². The molecule has 3 atom stereocenters. The van der Waals surface area contributed by atoms with Crippen molar-refractivity contribution in [2.24, 2.45) is 17.8 Å². The van der Waals surface area contributed by atoms with Gasteiger partial charge in [-0.15, -0.1) is 0 Å². The van der Waals surface area contributed by atoms with Gasteiger partial charge in [0.15, 0.2) is 0 Å². The van der Waals surface area contributed by atoms with Gasteiger partial charge >= 0.3 is 0 Å². The number of fused-ring (bicyclic) bond motifs is 1. The molecule has 3 heterocycles. The summed E-state index contributed by atoms with van der Waals surface area (Å²) >= 11 is 0. The Kier molecular flexibility index (Phi) is 7.47. The third-order valence-corrected chi connectivity index (χ3v) is 8.52. The van der Waals surface area contributed by atoms with Gasteiger partial charge in [-0.05, 0) is 68.2 Å². The number of nitrogens with one attached hydrogen (secondary N) is 2. The molecule has 2 N–H and O–H groups in total. The van der Waals surface area contributed by atoms with Crippen molar-refractivity contribution in [2.45, 2.75) is 52.0 Å². The van der Waals surface area contributed by atoms with Gasteiger partial charge in [-0.2, -0.15) is 0 Å². The maximum Gasteiger partial charge on any atom is 0.255 e. The summed E-state index contributed by atoms with van der Waals surface area (Å²) in [5, 5.41) is 3.22. The van der Waals surface area contributed by atoms with Crippen LogP contribution in [0.25, 0.3) is 0 Å². The van der Waals surface area contributed by atoms with E-state index < -0.39 is 0 Å². The number of carbonyl (C=O) groups is 2. The average molecular weight is 509 g/mol. The molecule has 1 aromatic carbocycles. The first kappa shape index (κ1) is 25.6. The Labute approximate surface area is 217 Å². The van der Waals surface area contributed by atoms with Gasteiger partial charge in [-0.1, -0.05) is 25.0 Å². The SMILES string of the molecule is Cc1cc(=O)[nH]c(C)c1C(=O)N1CC2CN(CCC(NC(=O)C3CCCC3)c3cccc(F)c3)C[C@H]2C1. The van der Waals surface area contributed by atoms with Crippen molar-refractivity contribution in [3.05, 3.63) is 68.9 Å². The molecule has 5 rings (SSSR count). The summed E-state index contributed by atoms with van der Waals surface area (Å²) in [5.41, 5.74) is 2.57. The van der Waals surface area contributed by atoms with Gasteiger partial charge in [0, 0.05) is 50.4 Å². The number of nitrogens with zero attached hydrogens (tertiary/aromatic N) is 2. The Morgan fingerprint density at radius 1 is 1.08 bits per heavy atom. The van der Waals surface area contributed by atoms with Crippen LogP contribution in [0.2, 0.25) is 0 Å². The highest BCUT2D eigenvalue weighted by atomic mass is 19.1. The Morgan fingerprint density at radius 3 is 2.43 bits per heavy atom. The van der Waals surface area contributed by atoms with Crippen molar-refractivity contribution in [3.8, 4) is 0 Å². The lowest BCUT2D eigenvalue weighted by molar-refractivity contribution is -0.125. The summed E-state index contributed by atoms with van der Waals surface area (Å²) in [6.45, 7) is 7.64. The van der Waals surface area contributed by atoms with E-state index in [4.69, 9.17) is 0 Å². The van der Waals surface area contributed by atoms with E-state index in [0.29, 0.717) is 41.7 Å². The number of aromatic amines is 1. The molecule has 1 aliphatic carbocycles. The normalized spacial score (nSPS) is 22.8. The number of halogens is 1. The molecule has 3 fully saturated rings. The number of rotatable bonds is 7. The lowest BCUT2D eigenvalue weighted by Crippen LogP contribution is -2.37. The van der Waals surface area contributed by atoms with Gasteiger partial charge in [0.25, 0.3) is 5.91 Å². The van der Waals surface area contributed by atoms with E-state index in [1.165, 1.54) is 18.2 Å². The highest BCUT2D eigenvalue weighted by Crippen LogP contribution is 2.33. The standard InChI is InChI=1S/C29H37FN4O3/c1-18-12-26(35)31-19(2)27(18)29(37)34-16-22-14-33(15-23(22)17-34)11-10-25(21-8-5-9-24(30)13-21)32-28(36)20-6-3-4-7-20/h5,8-9,12-13,20,22-23,25H,3-4,6-7,10-11,14-17H2,1-2H3,(H,31,35)(H,32,36)/t22-,23?,25?/m0/s1. The van der Waals surface area contributed by atoms with Gasteiger partial charge in [0.2, 0.25) is 11.5 Å². The van der Waals surface area contributed by atoms with Gasteiger partial charge < -0.3 is 20.1 Å². The van der Waals surface area contributed by atoms with Gasteiger partial charge in [-0.25, -0.2) is 4.39 Å². The van der Waals surface area contributed by atoms with Crippen LogP contribution >= 0.6 is 0 Å². The maximum absolute atomic E-state index is 14.0. The number of H-pyrrole nitrogens is 1. The molecule has 1 aromatic heterocycles. The second-order valence-corrected chi connectivity index (χ2v) is 11.2. The number of benzene rings is 1. The number of likely N-dealkylation sites (tertiary alicyclic amines) is 2. The first-order valence-electron chi connectivity index (χ1n) is 13.6. The topological polar surface area (TPSA) is 85.5 Å². The molecule has 2 aliphatic heterocycles. The predicted molar refractivity (Wildman–Crippen MR) is 140 cm³/mol. The Bertz CT molecular complexity index is 1180. The summed E-state index contributed by atoms with van der Waals surface area (Å²) < 4.78 is 14.0. The van der Waals surface area contributed by atoms with Crippen molar-refractivity contribution in [3.63, 3.8) is 0 Å². The zero-order chi connectivity index (χ0) is 26.1. The summed E-state index contributed by atoms with van der Waals surface area (Å²) in [6, 6.07) is 7.84. The minimum Gasteiger partial charge on any atom is -0.349 e. The first-order valence-corrected chi connectivity index (χ1v) is 13.6. The Balaban J connectivity index is 1.19. The number of hydrogen-bond acceptors (Lipinski definition) is 4. The van der Waals surface area contributed by atoms with Crippen molar-refractivity contribution >= 4 is 11.8 Å². The molecule has 1 saturated carbocycles. The molecule has 0 bridgehead atoms. The van der Waals surface area contributed by atoms with E-state index in [1.807, 2.05) is 17.9 Å². The number of hydrogen-bond donors (Lipinski definition) is 2. The molecular formula is C29H37FN4O3. The fraction of sp³-hybridized carbons (Fsp3) is 0.552.